The summed E-state index contributed by atoms with van der Waals surface area (Å²) in [6.45, 7) is 17.8. The third-order valence-corrected chi connectivity index (χ3v) is 11.5. The van der Waals surface area contributed by atoms with E-state index >= 15 is 0 Å². The third kappa shape index (κ3) is 10.2. The molecule has 52 heavy (non-hydrogen) atoms. The van der Waals surface area contributed by atoms with Crippen molar-refractivity contribution in [2.24, 2.45) is 17.3 Å². The number of piperazine rings is 1. The zero-order chi connectivity index (χ0) is 38.5. The molecule has 1 N–H and O–H groups in total. The number of benzene rings is 1. The van der Waals surface area contributed by atoms with Crippen LogP contribution in [0.1, 0.15) is 78.1 Å². The van der Waals surface area contributed by atoms with E-state index in [4.69, 9.17) is 23.7 Å². The molecule has 3 aliphatic heterocycles. The first-order valence-electron chi connectivity index (χ1n) is 19.1. The lowest BCUT2D eigenvalue weighted by molar-refractivity contribution is -0.298. The number of carbonyl (C=O) groups is 2. The minimum atomic E-state index is -0.807. The number of aliphatic hydroxyl groups is 1. The first-order valence-corrected chi connectivity index (χ1v) is 19.1. The summed E-state index contributed by atoms with van der Waals surface area (Å²) in [4.78, 5) is 35.6. The molecule has 10 atom stereocenters. The molecule has 3 saturated heterocycles. The number of hydrogen-bond acceptors (Lipinski definition) is 10. The molecule has 3 heterocycles. The summed E-state index contributed by atoms with van der Waals surface area (Å²) in [6, 6.07) is 6.59. The Labute approximate surface area is 313 Å². The summed E-state index contributed by atoms with van der Waals surface area (Å²) in [5.41, 5.74) is -0.390. The van der Waals surface area contributed by atoms with E-state index in [1.165, 1.54) is 0 Å². The zero-order valence-electron chi connectivity index (χ0n) is 34.0. The van der Waals surface area contributed by atoms with Crippen LogP contribution in [0.4, 0.5) is 0 Å². The molecule has 12 nitrogen and oxygen atoms in total. The monoisotopic (exact) mass is 733 g/mol. The van der Waals surface area contributed by atoms with Crippen LogP contribution in [0.3, 0.4) is 0 Å². The number of carbonyl (C=O) groups excluding carboxylic acids is 2. The van der Waals surface area contributed by atoms with Gasteiger partial charge in [0.25, 0.3) is 5.91 Å². The Morgan fingerprint density at radius 2 is 1.63 bits per heavy atom. The molecule has 4 rings (SSSR count). The van der Waals surface area contributed by atoms with E-state index in [-0.39, 0.29) is 53.4 Å². The van der Waals surface area contributed by atoms with Gasteiger partial charge in [-0.25, -0.2) is 0 Å². The summed E-state index contributed by atoms with van der Waals surface area (Å²) >= 11 is 0. The number of ether oxygens (including phenoxy) is 5. The predicted octanol–water partition coefficient (Wildman–Crippen LogP) is 3.99. The Bertz CT molecular complexity index is 1320. The highest BCUT2D eigenvalue weighted by Crippen LogP contribution is 2.39. The van der Waals surface area contributed by atoms with E-state index in [2.05, 4.69) is 39.5 Å². The fourth-order valence-electron chi connectivity index (χ4n) is 8.85. The maximum atomic E-state index is 14.4. The van der Waals surface area contributed by atoms with Crippen molar-refractivity contribution in [3.05, 3.63) is 29.8 Å². The number of nitrogens with zero attached hydrogens (tertiary/aromatic N) is 4. The quantitative estimate of drug-likeness (QED) is 0.442. The molecule has 0 aromatic heterocycles. The number of amides is 2. The minimum Gasteiger partial charge on any atom is -0.497 e. The van der Waals surface area contributed by atoms with Crippen molar-refractivity contribution >= 4 is 11.8 Å². The molecule has 0 spiro atoms. The second-order valence-electron chi connectivity index (χ2n) is 17.1. The first-order chi connectivity index (χ1) is 24.4. The van der Waals surface area contributed by atoms with Gasteiger partial charge in [-0.3, -0.25) is 14.5 Å². The zero-order valence-corrected chi connectivity index (χ0v) is 34.0. The Hall–Kier alpha value is -2.32. The number of hydrogen-bond donors (Lipinski definition) is 1. The summed E-state index contributed by atoms with van der Waals surface area (Å²) in [6.07, 6.45) is -0.261. The Morgan fingerprint density at radius 1 is 0.981 bits per heavy atom. The van der Waals surface area contributed by atoms with E-state index in [1.54, 1.807) is 31.3 Å². The molecule has 0 bridgehead atoms. The second kappa shape index (κ2) is 17.9. The van der Waals surface area contributed by atoms with Gasteiger partial charge in [0.05, 0.1) is 37.6 Å². The Morgan fingerprint density at radius 3 is 2.25 bits per heavy atom. The van der Waals surface area contributed by atoms with Crippen molar-refractivity contribution in [3.63, 3.8) is 0 Å². The fourth-order valence-corrected chi connectivity index (χ4v) is 8.85. The first kappa shape index (κ1) is 42.4. The van der Waals surface area contributed by atoms with Gasteiger partial charge in [-0.1, -0.05) is 33.8 Å². The topological polar surface area (TPSA) is 113 Å². The van der Waals surface area contributed by atoms with E-state index in [1.807, 2.05) is 56.9 Å². The van der Waals surface area contributed by atoms with Gasteiger partial charge in [0.1, 0.15) is 17.9 Å². The maximum absolute atomic E-state index is 14.4. The van der Waals surface area contributed by atoms with Crippen molar-refractivity contribution in [2.75, 3.05) is 74.7 Å². The lowest BCUT2D eigenvalue weighted by atomic mass is 9.75. The van der Waals surface area contributed by atoms with E-state index in [0.717, 1.165) is 12.8 Å². The molecule has 0 radical (unpaired) electrons. The summed E-state index contributed by atoms with van der Waals surface area (Å²) in [5.74, 6) is 0.740. The molecule has 3 fully saturated rings. The lowest BCUT2D eigenvalue weighted by Crippen LogP contribution is -2.59. The third-order valence-electron chi connectivity index (χ3n) is 11.5. The molecule has 3 aliphatic rings. The van der Waals surface area contributed by atoms with Gasteiger partial charge in [-0.15, -0.1) is 0 Å². The van der Waals surface area contributed by atoms with Crippen LogP contribution in [-0.2, 0) is 23.7 Å². The van der Waals surface area contributed by atoms with Gasteiger partial charge in [-0.05, 0) is 96.6 Å². The van der Waals surface area contributed by atoms with Crippen molar-refractivity contribution in [2.45, 2.75) is 116 Å². The van der Waals surface area contributed by atoms with Crippen LogP contribution in [0.15, 0.2) is 24.3 Å². The lowest BCUT2D eigenvalue weighted by Gasteiger charge is -2.47. The van der Waals surface area contributed by atoms with Gasteiger partial charge in [0, 0.05) is 51.4 Å². The van der Waals surface area contributed by atoms with Crippen molar-refractivity contribution in [3.8, 4) is 5.75 Å². The maximum Gasteiger partial charge on any atom is 0.254 e. The van der Waals surface area contributed by atoms with Gasteiger partial charge < -0.3 is 43.5 Å². The average Bonchev–Trinajstić information content (AvgIpc) is 3.10. The summed E-state index contributed by atoms with van der Waals surface area (Å²) < 4.78 is 31.4. The Kier molecular flexibility index (Phi) is 14.6. The van der Waals surface area contributed by atoms with Gasteiger partial charge >= 0.3 is 0 Å². The van der Waals surface area contributed by atoms with Crippen LogP contribution in [0, 0.1) is 17.3 Å². The smallest absolute Gasteiger partial charge is 0.254 e. The van der Waals surface area contributed by atoms with Crippen LogP contribution in [0.5, 0.6) is 5.75 Å². The van der Waals surface area contributed by atoms with Crippen LogP contribution in [0.25, 0.3) is 0 Å². The summed E-state index contributed by atoms with van der Waals surface area (Å²) in [5, 5.41) is 11.4. The molecule has 12 heteroatoms. The molecule has 0 aliphatic carbocycles. The molecule has 296 valence electrons. The number of methoxy groups -OCH3 is 2. The normalized spacial score (nSPS) is 35.7. The predicted molar refractivity (Wildman–Crippen MR) is 201 cm³/mol. The molecule has 1 aromatic rings. The van der Waals surface area contributed by atoms with Crippen molar-refractivity contribution in [1.82, 2.24) is 19.6 Å². The number of likely N-dealkylation sites (N-methyl/N-ethyl adjacent to an activating group) is 2. The SMILES string of the molecule is COc1cccc(C(=O)N2CCN(C(=O)[C@H]3[C@H](C)OCC(C)(C)C[C@@H](C)[C@@H](O[C@@H]4O[C@H](C)C[C@H](N(C)C)[C@H]4O)[C@](C)(OC)C[C@@H](C)CN3C)CC2)c1. The highest BCUT2D eigenvalue weighted by atomic mass is 16.7. The standard InChI is InChI=1S/C40H68N4O8/c1-26-22-40(7,49-12)35(52-38-34(45)32(41(8)9)20-28(3)51-38)27(2)23-39(5,6)25-50-29(4)33(42(10)24-26)37(47)44-18-16-43(17-19-44)36(46)30-14-13-15-31(21-30)48-11/h13-15,21,26-29,32-35,38,45H,16-20,22-25H2,1-12H3/t26-,27-,28-,29+,32+,33-,34-,35-,38+,40-/m1/s1. The average molecular weight is 733 g/mol. The Balaban J connectivity index is 1.53. The van der Waals surface area contributed by atoms with Gasteiger partial charge in [0.2, 0.25) is 5.91 Å². The largest absolute Gasteiger partial charge is 0.497 e. The molecule has 2 amide bonds. The van der Waals surface area contributed by atoms with Gasteiger partial charge in [0.15, 0.2) is 6.29 Å². The van der Waals surface area contributed by atoms with Crippen LogP contribution in [-0.4, -0.2) is 160 Å². The summed E-state index contributed by atoms with van der Waals surface area (Å²) in [7, 11) is 9.29. The number of rotatable bonds is 7. The van der Waals surface area contributed by atoms with Crippen LogP contribution < -0.4 is 4.74 Å². The van der Waals surface area contributed by atoms with E-state index < -0.39 is 24.0 Å². The van der Waals surface area contributed by atoms with E-state index in [9.17, 15) is 14.7 Å². The molecule has 1 aromatic carbocycles. The second-order valence-corrected chi connectivity index (χ2v) is 17.1. The van der Waals surface area contributed by atoms with Crippen LogP contribution >= 0.6 is 0 Å². The molecule has 0 saturated carbocycles. The fraction of sp³-hybridized carbons (Fsp3) is 0.800. The van der Waals surface area contributed by atoms with Crippen molar-refractivity contribution < 1.29 is 38.4 Å². The molecule has 0 unspecified atom stereocenters. The molecular weight excluding hydrogens is 664 g/mol. The van der Waals surface area contributed by atoms with E-state index in [0.29, 0.717) is 57.1 Å². The molecular formula is C40H68N4O8. The van der Waals surface area contributed by atoms with Crippen LogP contribution in [0.2, 0.25) is 0 Å². The van der Waals surface area contributed by atoms with Crippen molar-refractivity contribution in [1.29, 1.82) is 0 Å². The minimum absolute atomic E-state index is 0.0143. The van der Waals surface area contributed by atoms with Gasteiger partial charge in [-0.2, -0.15) is 0 Å². The number of aliphatic hydroxyl groups excluding tert-OH is 1. The highest BCUT2D eigenvalue weighted by molar-refractivity contribution is 5.95. The highest BCUT2D eigenvalue weighted by Gasteiger charge is 2.47.